The van der Waals surface area contributed by atoms with E-state index in [9.17, 15) is 0 Å². The van der Waals surface area contributed by atoms with E-state index in [4.69, 9.17) is 0 Å². The van der Waals surface area contributed by atoms with Gasteiger partial charge in [0.05, 0.1) is 0 Å². The molecule has 0 radical (unpaired) electrons. The van der Waals surface area contributed by atoms with Crippen LogP contribution in [0.1, 0.15) is 17.9 Å². The predicted octanol–water partition coefficient (Wildman–Crippen LogP) is 2.06. The molecule has 0 aromatic carbocycles. The molecule has 0 saturated carbocycles. The molecule has 2 nitrogen and oxygen atoms in total. The third-order valence-corrected chi connectivity index (χ3v) is 2.44. The Morgan fingerprint density at radius 2 is 2.36 bits per heavy atom. The van der Waals surface area contributed by atoms with Crippen LogP contribution < -0.4 is 0 Å². The topological polar surface area (TPSA) is 17.8 Å². The fourth-order valence-corrected chi connectivity index (χ4v) is 1.31. The number of nitrogens with zero attached hydrogens (tertiary/aromatic N) is 2. The van der Waals surface area contributed by atoms with Crippen LogP contribution in [0.2, 0.25) is 0 Å². The van der Waals surface area contributed by atoms with Gasteiger partial charge in [-0.25, -0.2) is 4.98 Å². The summed E-state index contributed by atoms with van der Waals surface area (Å²) in [5, 5.41) is 1.07. The van der Waals surface area contributed by atoms with Crippen LogP contribution in [0.25, 0.3) is 0 Å². The number of rotatable bonds is 3. The molecule has 0 unspecified atom stereocenters. The first-order chi connectivity index (χ1) is 5.25. The van der Waals surface area contributed by atoms with Gasteiger partial charge in [0.15, 0.2) is 0 Å². The van der Waals surface area contributed by atoms with Gasteiger partial charge in [0.2, 0.25) is 0 Å². The van der Waals surface area contributed by atoms with Crippen molar-refractivity contribution in [2.45, 2.75) is 19.8 Å². The van der Waals surface area contributed by atoms with Crippen molar-refractivity contribution in [1.82, 2.24) is 9.55 Å². The Labute approximate surface area is 75.8 Å². The van der Waals surface area contributed by atoms with Crippen LogP contribution in [0.3, 0.4) is 0 Å². The van der Waals surface area contributed by atoms with E-state index in [1.807, 2.05) is 13.1 Å². The van der Waals surface area contributed by atoms with E-state index in [1.165, 1.54) is 12.1 Å². The molecule has 11 heavy (non-hydrogen) atoms. The highest BCUT2D eigenvalue weighted by atomic mass is 79.9. The number of halogens is 1. The lowest BCUT2D eigenvalue weighted by atomic mass is 10.3. The van der Waals surface area contributed by atoms with Gasteiger partial charge >= 0.3 is 0 Å². The lowest BCUT2D eigenvalue weighted by Crippen LogP contribution is -1.98. The summed E-state index contributed by atoms with van der Waals surface area (Å²) in [7, 11) is 2.06. The number of aryl methyl sites for hydroxylation is 2. The third-order valence-electron chi connectivity index (χ3n) is 1.88. The summed E-state index contributed by atoms with van der Waals surface area (Å²) in [4.78, 5) is 4.22. The highest BCUT2D eigenvalue weighted by Crippen LogP contribution is 2.05. The zero-order valence-corrected chi connectivity index (χ0v) is 8.56. The van der Waals surface area contributed by atoms with Crippen molar-refractivity contribution in [3.63, 3.8) is 0 Å². The lowest BCUT2D eigenvalue weighted by molar-refractivity contribution is 0.767. The molecule has 0 saturated heterocycles. The molecule has 1 aromatic heterocycles. The quantitative estimate of drug-likeness (QED) is 0.708. The summed E-state index contributed by atoms with van der Waals surface area (Å²) >= 11 is 3.41. The van der Waals surface area contributed by atoms with Crippen molar-refractivity contribution in [3.8, 4) is 0 Å². The summed E-state index contributed by atoms with van der Waals surface area (Å²) < 4.78 is 2.14. The van der Waals surface area contributed by atoms with E-state index in [0.29, 0.717) is 0 Å². The highest BCUT2D eigenvalue weighted by molar-refractivity contribution is 9.09. The Balaban J connectivity index is 2.63. The van der Waals surface area contributed by atoms with Gasteiger partial charge in [0.25, 0.3) is 0 Å². The third kappa shape index (κ3) is 2.06. The van der Waals surface area contributed by atoms with Gasteiger partial charge in [0.1, 0.15) is 5.82 Å². The first-order valence-corrected chi connectivity index (χ1v) is 4.91. The predicted molar refractivity (Wildman–Crippen MR) is 50.1 cm³/mol. The second-order valence-corrected chi connectivity index (χ2v) is 3.44. The highest BCUT2D eigenvalue weighted by Gasteiger charge is 2.00. The number of alkyl halides is 1. The summed E-state index contributed by atoms with van der Waals surface area (Å²) in [6, 6.07) is 0. The average Bonchev–Trinajstić information content (AvgIpc) is 2.31. The van der Waals surface area contributed by atoms with Crippen LogP contribution in [0.4, 0.5) is 0 Å². The summed E-state index contributed by atoms with van der Waals surface area (Å²) in [5.41, 5.74) is 1.32. The minimum absolute atomic E-state index is 1.07. The molecule has 62 valence electrons. The number of aromatic nitrogens is 2. The molecule has 0 atom stereocenters. The molecule has 3 heteroatoms. The molecule has 0 aliphatic heterocycles. The molecule has 0 spiro atoms. The van der Waals surface area contributed by atoms with E-state index in [-0.39, 0.29) is 0 Å². The second kappa shape index (κ2) is 3.90. The molecule has 1 aromatic rings. The van der Waals surface area contributed by atoms with Gasteiger partial charge in [-0.05, 0) is 19.8 Å². The molecule has 1 heterocycles. The molecule has 0 amide bonds. The monoisotopic (exact) mass is 216 g/mol. The smallest absolute Gasteiger partial charge is 0.105 e. The summed E-state index contributed by atoms with van der Waals surface area (Å²) in [5.74, 6) is 1.09. The first-order valence-electron chi connectivity index (χ1n) is 3.79. The zero-order valence-electron chi connectivity index (χ0n) is 6.97. The maximum absolute atomic E-state index is 4.22. The second-order valence-electron chi connectivity index (χ2n) is 2.65. The number of hydrogen-bond donors (Lipinski definition) is 0. The molecule has 0 N–H and O–H groups in total. The molecule has 0 fully saturated rings. The van der Waals surface area contributed by atoms with E-state index >= 15 is 0 Å². The first kappa shape index (κ1) is 8.78. The van der Waals surface area contributed by atoms with Crippen LogP contribution in [0, 0.1) is 6.92 Å². The molecule has 0 aliphatic carbocycles. The maximum Gasteiger partial charge on any atom is 0.105 e. The van der Waals surface area contributed by atoms with Crippen molar-refractivity contribution < 1.29 is 0 Å². The van der Waals surface area contributed by atoms with Crippen LogP contribution in [0.15, 0.2) is 6.20 Å². The minimum atomic E-state index is 1.07. The van der Waals surface area contributed by atoms with Gasteiger partial charge in [-0.15, -0.1) is 0 Å². The Morgan fingerprint density at radius 1 is 1.64 bits per heavy atom. The zero-order chi connectivity index (χ0) is 8.27. The van der Waals surface area contributed by atoms with Gasteiger partial charge in [0, 0.05) is 24.3 Å². The van der Waals surface area contributed by atoms with Crippen molar-refractivity contribution in [2.24, 2.45) is 7.05 Å². The molecular weight excluding hydrogens is 204 g/mol. The average molecular weight is 217 g/mol. The van der Waals surface area contributed by atoms with Crippen molar-refractivity contribution >= 4 is 15.9 Å². The van der Waals surface area contributed by atoms with Gasteiger partial charge in [-0.2, -0.15) is 0 Å². The van der Waals surface area contributed by atoms with Crippen LogP contribution in [-0.4, -0.2) is 14.9 Å². The normalized spacial score (nSPS) is 10.5. The van der Waals surface area contributed by atoms with E-state index in [0.717, 1.165) is 17.6 Å². The fourth-order valence-electron chi connectivity index (χ4n) is 1.03. The van der Waals surface area contributed by atoms with E-state index in [1.54, 1.807) is 0 Å². The standard InChI is InChI=1S/C8H13BrN2/c1-7-10-6-8(11(7)2)4-3-5-9/h6H,3-5H2,1-2H3. The number of imidazole rings is 1. The van der Waals surface area contributed by atoms with Crippen LogP contribution in [0.5, 0.6) is 0 Å². The van der Waals surface area contributed by atoms with Crippen LogP contribution >= 0.6 is 15.9 Å². The van der Waals surface area contributed by atoms with Crippen molar-refractivity contribution in [3.05, 3.63) is 17.7 Å². The van der Waals surface area contributed by atoms with Gasteiger partial charge in [-0.3, -0.25) is 0 Å². The Morgan fingerprint density at radius 3 is 2.82 bits per heavy atom. The molecule has 0 aliphatic rings. The van der Waals surface area contributed by atoms with Gasteiger partial charge in [-0.1, -0.05) is 15.9 Å². The summed E-state index contributed by atoms with van der Waals surface area (Å²) in [6.45, 7) is 2.03. The van der Waals surface area contributed by atoms with Crippen LogP contribution in [-0.2, 0) is 13.5 Å². The Hall–Kier alpha value is -0.310. The van der Waals surface area contributed by atoms with Crippen molar-refractivity contribution in [2.75, 3.05) is 5.33 Å². The van der Waals surface area contributed by atoms with Crippen molar-refractivity contribution in [1.29, 1.82) is 0 Å². The minimum Gasteiger partial charge on any atom is -0.335 e. The molecule has 0 bridgehead atoms. The Kier molecular flexibility index (Phi) is 3.12. The fraction of sp³-hybridized carbons (Fsp3) is 0.625. The maximum atomic E-state index is 4.22. The summed E-state index contributed by atoms with van der Waals surface area (Å²) in [6.07, 6.45) is 4.25. The SMILES string of the molecule is Cc1ncc(CCCBr)n1C. The molecular formula is C8H13BrN2. The lowest BCUT2D eigenvalue weighted by Gasteiger charge is -2.00. The van der Waals surface area contributed by atoms with E-state index < -0.39 is 0 Å². The number of hydrogen-bond acceptors (Lipinski definition) is 1. The largest absolute Gasteiger partial charge is 0.335 e. The van der Waals surface area contributed by atoms with E-state index in [2.05, 4.69) is 32.5 Å². The Bertz CT molecular complexity index is 230. The van der Waals surface area contributed by atoms with Gasteiger partial charge < -0.3 is 4.57 Å². The molecule has 1 rings (SSSR count).